The zero-order chi connectivity index (χ0) is 19.3. The van der Waals surface area contributed by atoms with Crippen molar-refractivity contribution >= 4 is 11.9 Å². The van der Waals surface area contributed by atoms with Crippen LogP contribution in [-0.4, -0.2) is 43.0 Å². The first-order valence-corrected chi connectivity index (χ1v) is 7.72. The number of nitrogens with zero attached hydrogens (tertiary/aromatic N) is 4. The Morgan fingerprint density at radius 3 is 2.62 bits per heavy atom. The Bertz CT molecular complexity index is 774. The normalized spacial score (nSPS) is 12.6. The number of halogens is 3. The molecule has 0 radical (unpaired) electrons. The predicted octanol–water partition coefficient (Wildman–Crippen LogP) is 2.05. The van der Waals surface area contributed by atoms with E-state index in [1.165, 1.54) is 0 Å². The third kappa shape index (κ3) is 4.77. The van der Waals surface area contributed by atoms with E-state index < -0.39 is 29.7 Å². The highest BCUT2D eigenvalue weighted by molar-refractivity contribution is 5.94. The van der Waals surface area contributed by atoms with Gasteiger partial charge in [0.05, 0.1) is 11.8 Å². The van der Waals surface area contributed by atoms with Crippen LogP contribution in [0.5, 0.6) is 0 Å². The van der Waals surface area contributed by atoms with Gasteiger partial charge in [0.15, 0.2) is 11.5 Å². The summed E-state index contributed by atoms with van der Waals surface area (Å²) in [7, 11) is 0. The van der Waals surface area contributed by atoms with Crippen molar-refractivity contribution in [3.05, 3.63) is 35.8 Å². The fourth-order valence-corrected chi connectivity index (χ4v) is 2.07. The first kappa shape index (κ1) is 19.3. The van der Waals surface area contributed by atoms with Crippen LogP contribution >= 0.6 is 0 Å². The van der Waals surface area contributed by atoms with Crippen molar-refractivity contribution in [3.63, 3.8) is 0 Å². The van der Waals surface area contributed by atoms with E-state index in [0.29, 0.717) is 12.6 Å². The number of amides is 1. The number of alkyl halides is 3. The lowest BCUT2D eigenvalue weighted by atomic mass is 10.1. The minimum atomic E-state index is -4.51. The highest BCUT2D eigenvalue weighted by Crippen LogP contribution is 2.28. The van der Waals surface area contributed by atoms with Crippen LogP contribution in [0.2, 0.25) is 0 Å². The molecule has 0 spiro atoms. The van der Waals surface area contributed by atoms with Crippen LogP contribution in [0.4, 0.5) is 13.2 Å². The smallest absolute Gasteiger partial charge is 0.417 e. The number of aromatic nitrogens is 4. The Labute approximate surface area is 146 Å². The molecule has 0 bridgehead atoms. The van der Waals surface area contributed by atoms with Crippen molar-refractivity contribution in [2.45, 2.75) is 38.4 Å². The fraction of sp³-hybridized carbons (Fsp3) is 0.400. The molecule has 2 aromatic rings. The van der Waals surface area contributed by atoms with E-state index in [9.17, 15) is 22.8 Å². The monoisotopic (exact) mass is 371 g/mol. The van der Waals surface area contributed by atoms with E-state index in [4.69, 9.17) is 5.11 Å². The number of rotatable bonds is 7. The van der Waals surface area contributed by atoms with E-state index in [1.807, 2.05) is 6.92 Å². The largest absolute Gasteiger partial charge is 0.480 e. The van der Waals surface area contributed by atoms with Crippen molar-refractivity contribution < 1.29 is 27.9 Å². The van der Waals surface area contributed by atoms with Gasteiger partial charge < -0.3 is 10.4 Å². The third-order valence-electron chi connectivity index (χ3n) is 3.49. The Hall–Kier alpha value is -2.98. The van der Waals surface area contributed by atoms with Crippen molar-refractivity contribution in [2.75, 3.05) is 0 Å². The summed E-state index contributed by atoms with van der Waals surface area (Å²) in [6.45, 7) is 1.89. The van der Waals surface area contributed by atoms with Gasteiger partial charge in [-0.25, -0.2) is 14.5 Å². The standard InChI is InChI=1S/C15H16F3N5O3/c1-2-3-4-10(14(25)26)20-13(24)11-8-23(22-21-11)12-6-5-9(7-19-12)15(16,17)18/h5-8,10H,2-4H2,1H3,(H,20,24)(H,25,26). The quantitative estimate of drug-likeness (QED) is 0.771. The molecule has 2 N–H and O–H groups in total. The third-order valence-corrected chi connectivity index (χ3v) is 3.49. The second kappa shape index (κ2) is 7.93. The lowest BCUT2D eigenvalue weighted by Gasteiger charge is -2.12. The van der Waals surface area contributed by atoms with Gasteiger partial charge in [-0.1, -0.05) is 25.0 Å². The predicted molar refractivity (Wildman–Crippen MR) is 82.6 cm³/mol. The summed E-state index contributed by atoms with van der Waals surface area (Å²) in [5, 5.41) is 18.7. The molecule has 0 aliphatic heterocycles. The topological polar surface area (TPSA) is 110 Å². The summed E-state index contributed by atoms with van der Waals surface area (Å²) in [5.41, 5.74) is -1.09. The number of carboxylic acids is 1. The highest BCUT2D eigenvalue weighted by atomic mass is 19.4. The van der Waals surface area contributed by atoms with Crippen LogP contribution in [0, 0.1) is 0 Å². The SMILES string of the molecule is CCCCC(NC(=O)c1cn(-c2ccc(C(F)(F)F)cn2)nn1)C(=O)O. The first-order chi connectivity index (χ1) is 12.2. The van der Waals surface area contributed by atoms with Gasteiger partial charge in [-0.15, -0.1) is 5.10 Å². The van der Waals surface area contributed by atoms with Crippen LogP contribution in [-0.2, 0) is 11.0 Å². The Balaban J connectivity index is 2.11. The second-order valence-corrected chi connectivity index (χ2v) is 5.46. The molecule has 2 heterocycles. The van der Waals surface area contributed by atoms with Gasteiger partial charge in [-0.3, -0.25) is 4.79 Å². The number of carboxylic acid groups (broad SMARTS) is 1. The Morgan fingerprint density at radius 2 is 2.08 bits per heavy atom. The van der Waals surface area contributed by atoms with Crippen LogP contribution < -0.4 is 5.32 Å². The van der Waals surface area contributed by atoms with Gasteiger partial charge in [0.1, 0.15) is 6.04 Å². The molecule has 0 aliphatic carbocycles. The number of carbonyl (C=O) groups is 2. The van der Waals surface area contributed by atoms with Gasteiger partial charge in [-0.2, -0.15) is 13.2 Å². The number of unbranched alkanes of at least 4 members (excludes halogenated alkanes) is 1. The molecule has 0 aromatic carbocycles. The van der Waals surface area contributed by atoms with E-state index in [2.05, 4.69) is 20.6 Å². The van der Waals surface area contributed by atoms with Crippen LogP contribution in [0.1, 0.15) is 42.2 Å². The molecule has 11 heteroatoms. The number of carbonyl (C=O) groups excluding carboxylic acids is 1. The van der Waals surface area contributed by atoms with Crippen LogP contribution in [0.15, 0.2) is 24.5 Å². The summed E-state index contributed by atoms with van der Waals surface area (Å²) in [6.07, 6.45) is -1.05. The molecular weight excluding hydrogens is 355 g/mol. The Kier molecular flexibility index (Phi) is 5.90. The molecule has 1 amide bonds. The number of hydrogen-bond donors (Lipinski definition) is 2. The molecule has 1 unspecified atom stereocenters. The molecule has 0 saturated heterocycles. The average molecular weight is 371 g/mol. The van der Waals surface area contributed by atoms with Crippen molar-refractivity contribution in [1.29, 1.82) is 0 Å². The zero-order valence-electron chi connectivity index (χ0n) is 13.7. The maximum atomic E-state index is 12.5. The van der Waals surface area contributed by atoms with E-state index in [-0.39, 0.29) is 17.9 Å². The van der Waals surface area contributed by atoms with E-state index in [0.717, 1.165) is 29.4 Å². The number of hydrogen-bond acceptors (Lipinski definition) is 5. The number of pyridine rings is 1. The van der Waals surface area contributed by atoms with Gasteiger partial charge in [-0.05, 0) is 18.6 Å². The van der Waals surface area contributed by atoms with Crippen LogP contribution in [0.3, 0.4) is 0 Å². The minimum Gasteiger partial charge on any atom is -0.480 e. The number of nitrogens with one attached hydrogen (secondary N) is 1. The molecule has 2 aromatic heterocycles. The van der Waals surface area contributed by atoms with Crippen molar-refractivity contribution in [1.82, 2.24) is 25.3 Å². The summed E-state index contributed by atoms with van der Waals surface area (Å²) in [6, 6.07) is 0.854. The molecular formula is C15H16F3N5O3. The molecule has 0 aliphatic rings. The first-order valence-electron chi connectivity index (χ1n) is 7.72. The maximum Gasteiger partial charge on any atom is 0.417 e. The molecule has 0 saturated carbocycles. The molecule has 1 atom stereocenters. The summed E-state index contributed by atoms with van der Waals surface area (Å²) < 4.78 is 38.6. The number of aliphatic carboxylic acids is 1. The minimum absolute atomic E-state index is 0.0327. The van der Waals surface area contributed by atoms with Gasteiger partial charge in [0, 0.05) is 6.20 Å². The molecule has 26 heavy (non-hydrogen) atoms. The zero-order valence-corrected chi connectivity index (χ0v) is 13.7. The highest BCUT2D eigenvalue weighted by Gasteiger charge is 2.30. The molecule has 2 rings (SSSR count). The lowest BCUT2D eigenvalue weighted by molar-refractivity contribution is -0.139. The van der Waals surface area contributed by atoms with Gasteiger partial charge in [0.25, 0.3) is 5.91 Å². The van der Waals surface area contributed by atoms with Crippen molar-refractivity contribution in [3.8, 4) is 5.82 Å². The molecule has 0 fully saturated rings. The second-order valence-electron chi connectivity index (χ2n) is 5.46. The van der Waals surface area contributed by atoms with E-state index >= 15 is 0 Å². The summed E-state index contributed by atoms with van der Waals surface area (Å²) in [5.74, 6) is -1.87. The van der Waals surface area contributed by atoms with Gasteiger partial charge >= 0.3 is 12.1 Å². The fourth-order valence-electron chi connectivity index (χ4n) is 2.07. The van der Waals surface area contributed by atoms with E-state index in [1.54, 1.807) is 0 Å². The Morgan fingerprint density at radius 1 is 1.35 bits per heavy atom. The lowest BCUT2D eigenvalue weighted by Crippen LogP contribution is -2.40. The van der Waals surface area contributed by atoms with Gasteiger partial charge in [0.2, 0.25) is 0 Å². The maximum absolute atomic E-state index is 12.5. The summed E-state index contributed by atoms with van der Waals surface area (Å²) >= 11 is 0. The van der Waals surface area contributed by atoms with Crippen LogP contribution in [0.25, 0.3) is 5.82 Å². The summed E-state index contributed by atoms with van der Waals surface area (Å²) in [4.78, 5) is 26.9. The molecule has 140 valence electrons. The molecule has 8 nitrogen and oxygen atoms in total. The average Bonchev–Trinajstić information content (AvgIpc) is 3.07. The van der Waals surface area contributed by atoms with Crippen molar-refractivity contribution in [2.24, 2.45) is 0 Å².